The van der Waals surface area contributed by atoms with Crippen molar-refractivity contribution in [1.82, 2.24) is 0 Å². The Morgan fingerprint density at radius 2 is 1.60 bits per heavy atom. The maximum absolute atomic E-state index is 12.9. The Balaban J connectivity index is 1.75. The SMILES string of the molecule is Cc1cc(C)c(C)c(Oc2cc(N3C(=O)[C@H]4CCCC[C@H]4C3=O)cc([N+](=O)[O-])c2)c1. The maximum atomic E-state index is 12.9. The van der Waals surface area contributed by atoms with Gasteiger partial charge in [0.1, 0.15) is 11.5 Å². The summed E-state index contributed by atoms with van der Waals surface area (Å²) < 4.78 is 6.00. The Morgan fingerprint density at radius 1 is 0.967 bits per heavy atom. The Labute approximate surface area is 174 Å². The molecule has 0 aromatic heterocycles. The fourth-order valence-corrected chi connectivity index (χ4v) is 4.51. The molecule has 7 nitrogen and oxygen atoms in total. The van der Waals surface area contributed by atoms with Crippen LogP contribution >= 0.6 is 0 Å². The normalized spacial score (nSPS) is 21.0. The molecule has 2 amide bonds. The molecule has 30 heavy (non-hydrogen) atoms. The monoisotopic (exact) mass is 408 g/mol. The van der Waals surface area contributed by atoms with Crippen molar-refractivity contribution >= 4 is 23.2 Å². The van der Waals surface area contributed by atoms with Gasteiger partial charge in [-0.15, -0.1) is 0 Å². The highest BCUT2D eigenvalue weighted by Gasteiger charge is 2.49. The van der Waals surface area contributed by atoms with E-state index >= 15 is 0 Å². The van der Waals surface area contributed by atoms with Gasteiger partial charge in [0.2, 0.25) is 11.8 Å². The highest BCUT2D eigenvalue weighted by molar-refractivity contribution is 6.22. The molecule has 1 aliphatic heterocycles. The Kier molecular flexibility index (Phi) is 5.05. The fraction of sp³-hybridized carbons (Fsp3) is 0.391. The van der Waals surface area contributed by atoms with Gasteiger partial charge in [-0.2, -0.15) is 0 Å². The molecule has 0 radical (unpaired) electrons. The first-order chi connectivity index (χ1) is 14.3. The van der Waals surface area contributed by atoms with E-state index in [1.54, 1.807) is 0 Å². The average molecular weight is 408 g/mol. The molecule has 1 saturated heterocycles. The Morgan fingerprint density at radius 3 is 2.20 bits per heavy atom. The topological polar surface area (TPSA) is 89.8 Å². The number of anilines is 1. The van der Waals surface area contributed by atoms with Gasteiger partial charge in [-0.05, 0) is 56.4 Å². The molecule has 0 unspecified atom stereocenters. The van der Waals surface area contributed by atoms with Crippen molar-refractivity contribution in [1.29, 1.82) is 0 Å². The van der Waals surface area contributed by atoms with Gasteiger partial charge in [0.05, 0.1) is 28.5 Å². The number of rotatable bonds is 4. The van der Waals surface area contributed by atoms with Crippen LogP contribution in [0.2, 0.25) is 0 Å². The zero-order valence-electron chi connectivity index (χ0n) is 17.3. The number of nitro groups is 1. The first kappa shape index (κ1) is 20.1. The summed E-state index contributed by atoms with van der Waals surface area (Å²) in [5.74, 6) is -0.361. The van der Waals surface area contributed by atoms with Crippen LogP contribution in [0, 0.1) is 42.7 Å². The van der Waals surface area contributed by atoms with Gasteiger partial charge < -0.3 is 4.74 Å². The van der Waals surface area contributed by atoms with Gasteiger partial charge in [-0.1, -0.05) is 18.9 Å². The zero-order chi connectivity index (χ0) is 21.6. The molecular formula is C23H24N2O5. The minimum Gasteiger partial charge on any atom is -0.457 e. The molecule has 0 bridgehead atoms. The molecule has 2 aliphatic rings. The summed E-state index contributed by atoms with van der Waals surface area (Å²) >= 11 is 0. The van der Waals surface area contributed by atoms with E-state index in [2.05, 4.69) is 0 Å². The summed E-state index contributed by atoms with van der Waals surface area (Å²) in [5.41, 5.74) is 2.95. The third-order valence-corrected chi connectivity index (χ3v) is 6.18. The van der Waals surface area contributed by atoms with Gasteiger partial charge in [0.25, 0.3) is 5.69 Å². The van der Waals surface area contributed by atoms with Gasteiger partial charge >= 0.3 is 0 Å². The predicted molar refractivity (Wildman–Crippen MR) is 112 cm³/mol. The molecule has 1 saturated carbocycles. The van der Waals surface area contributed by atoms with Crippen molar-refractivity contribution in [3.05, 3.63) is 57.1 Å². The van der Waals surface area contributed by atoms with Gasteiger partial charge in [-0.3, -0.25) is 19.7 Å². The Bertz CT molecular complexity index is 1040. The highest BCUT2D eigenvalue weighted by Crippen LogP contribution is 2.42. The second-order valence-electron chi connectivity index (χ2n) is 8.26. The molecule has 156 valence electrons. The van der Waals surface area contributed by atoms with Crippen LogP contribution in [-0.4, -0.2) is 16.7 Å². The molecule has 2 aromatic rings. The van der Waals surface area contributed by atoms with Gasteiger partial charge in [-0.25, -0.2) is 4.90 Å². The van der Waals surface area contributed by atoms with E-state index < -0.39 is 4.92 Å². The van der Waals surface area contributed by atoms with Crippen molar-refractivity contribution in [2.75, 3.05) is 4.90 Å². The van der Waals surface area contributed by atoms with Crippen LogP contribution in [0.15, 0.2) is 30.3 Å². The largest absolute Gasteiger partial charge is 0.457 e. The van der Waals surface area contributed by atoms with Crippen LogP contribution in [0.5, 0.6) is 11.5 Å². The van der Waals surface area contributed by atoms with E-state index in [9.17, 15) is 19.7 Å². The highest BCUT2D eigenvalue weighted by atomic mass is 16.6. The quantitative estimate of drug-likeness (QED) is 0.404. The number of nitrogens with zero attached hydrogens (tertiary/aromatic N) is 2. The number of amides is 2. The number of hydrogen-bond donors (Lipinski definition) is 0. The number of ether oxygens (including phenoxy) is 1. The number of imide groups is 1. The van der Waals surface area contributed by atoms with Gasteiger partial charge in [0, 0.05) is 12.1 Å². The van der Waals surface area contributed by atoms with Crippen molar-refractivity contribution in [3.8, 4) is 11.5 Å². The number of benzene rings is 2. The molecule has 1 aliphatic carbocycles. The minimum absolute atomic E-state index is 0.200. The maximum Gasteiger partial charge on any atom is 0.275 e. The first-order valence-electron chi connectivity index (χ1n) is 10.2. The second kappa shape index (κ2) is 7.55. The summed E-state index contributed by atoms with van der Waals surface area (Å²) in [6, 6.07) is 8.02. The van der Waals surface area contributed by atoms with E-state index in [0.29, 0.717) is 18.6 Å². The van der Waals surface area contributed by atoms with Crippen molar-refractivity contribution in [2.45, 2.75) is 46.5 Å². The van der Waals surface area contributed by atoms with Crippen LogP contribution < -0.4 is 9.64 Å². The first-order valence-corrected chi connectivity index (χ1v) is 10.2. The molecule has 0 spiro atoms. The lowest BCUT2D eigenvalue weighted by Gasteiger charge is -2.19. The van der Waals surface area contributed by atoms with E-state index in [-0.39, 0.29) is 40.8 Å². The number of carbonyl (C=O) groups excluding carboxylic acids is 2. The summed E-state index contributed by atoms with van der Waals surface area (Å²) in [4.78, 5) is 38.0. The number of nitro benzene ring substituents is 1. The number of aryl methyl sites for hydroxylation is 2. The van der Waals surface area contributed by atoms with E-state index in [1.807, 2.05) is 32.9 Å². The van der Waals surface area contributed by atoms with Crippen molar-refractivity contribution in [3.63, 3.8) is 0 Å². The zero-order valence-corrected chi connectivity index (χ0v) is 17.3. The standard InChI is InChI=1S/C23H24N2O5/c1-13-8-14(2)15(3)21(9-13)30-18-11-16(10-17(12-18)25(28)29)24-22(26)19-6-4-5-7-20(19)23(24)27/h8-12,19-20H,4-7H2,1-3H3/t19-,20+. The fourth-order valence-electron chi connectivity index (χ4n) is 4.51. The summed E-state index contributed by atoms with van der Waals surface area (Å²) in [5, 5.41) is 11.5. The number of hydrogen-bond acceptors (Lipinski definition) is 5. The summed E-state index contributed by atoms with van der Waals surface area (Å²) in [6.45, 7) is 5.83. The molecule has 1 heterocycles. The van der Waals surface area contributed by atoms with Crippen molar-refractivity contribution in [2.24, 2.45) is 11.8 Å². The number of carbonyl (C=O) groups is 2. The molecule has 2 atom stereocenters. The molecular weight excluding hydrogens is 384 g/mol. The number of fused-ring (bicyclic) bond motifs is 1. The van der Waals surface area contributed by atoms with Crippen LogP contribution in [-0.2, 0) is 9.59 Å². The van der Waals surface area contributed by atoms with Crippen LogP contribution in [0.1, 0.15) is 42.4 Å². The lowest BCUT2D eigenvalue weighted by atomic mass is 9.81. The van der Waals surface area contributed by atoms with Crippen LogP contribution in [0.4, 0.5) is 11.4 Å². The van der Waals surface area contributed by atoms with Crippen LogP contribution in [0.25, 0.3) is 0 Å². The average Bonchev–Trinajstić information content (AvgIpc) is 2.96. The van der Waals surface area contributed by atoms with E-state index in [4.69, 9.17) is 4.74 Å². The molecule has 0 N–H and O–H groups in total. The predicted octanol–water partition coefficient (Wildman–Crippen LogP) is 4.99. The third-order valence-electron chi connectivity index (χ3n) is 6.18. The Hall–Kier alpha value is -3.22. The lowest BCUT2D eigenvalue weighted by molar-refractivity contribution is -0.384. The second-order valence-corrected chi connectivity index (χ2v) is 8.26. The van der Waals surface area contributed by atoms with Gasteiger partial charge in [0.15, 0.2) is 0 Å². The van der Waals surface area contributed by atoms with Crippen molar-refractivity contribution < 1.29 is 19.2 Å². The van der Waals surface area contributed by atoms with E-state index in [0.717, 1.165) is 34.4 Å². The molecule has 2 aromatic carbocycles. The van der Waals surface area contributed by atoms with Crippen LogP contribution in [0.3, 0.4) is 0 Å². The summed E-state index contributed by atoms with van der Waals surface area (Å²) in [6.07, 6.45) is 3.21. The third kappa shape index (κ3) is 3.44. The molecule has 4 rings (SSSR count). The van der Waals surface area contributed by atoms with E-state index in [1.165, 1.54) is 18.2 Å². The molecule has 2 fully saturated rings. The minimum atomic E-state index is -0.539. The summed E-state index contributed by atoms with van der Waals surface area (Å²) in [7, 11) is 0. The smallest absolute Gasteiger partial charge is 0.275 e. The lowest BCUT2D eigenvalue weighted by Crippen LogP contribution is -2.30. The number of non-ortho nitro benzene ring substituents is 1. The molecule has 7 heteroatoms.